The van der Waals surface area contributed by atoms with Gasteiger partial charge in [0.25, 0.3) is 11.8 Å². The number of carbonyl (C=O) groups is 2. The highest BCUT2D eigenvalue weighted by Crippen LogP contribution is 2.25. The molecule has 0 radical (unpaired) electrons. The Kier molecular flexibility index (Phi) is 4.87. The zero-order valence-corrected chi connectivity index (χ0v) is 14.8. The lowest BCUT2D eigenvalue weighted by Gasteiger charge is -2.04. The van der Waals surface area contributed by atoms with Crippen LogP contribution >= 0.6 is 0 Å². The lowest BCUT2D eigenvalue weighted by atomic mass is 10.1. The van der Waals surface area contributed by atoms with Gasteiger partial charge >= 0.3 is 0 Å². The monoisotopic (exact) mass is 356 g/mol. The minimum atomic E-state index is -0.324. The molecule has 0 fully saturated rings. The minimum Gasteiger partial charge on any atom is -0.459 e. The topological polar surface area (TPSA) is 118 Å². The molecule has 0 aliphatic rings. The quantitative estimate of drug-likeness (QED) is 0.573. The third-order valence-electron chi connectivity index (χ3n) is 4.03. The minimum absolute atomic E-state index is 0.233. The highest BCUT2D eigenvalue weighted by Gasteiger charge is 2.17. The van der Waals surface area contributed by atoms with Crippen molar-refractivity contribution in [2.75, 3.05) is 13.1 Å². The summed E-state index contributed by atoms with van der Waals surface area (Å²) in [7, 11) is 1.86. The highest BCUT2D eigenvalue weighted by atomic mass is 16.3. The number of amides is 2. The van der Waals surface area contributed by atoms with E-state index in [0.717, 1.165) is 17.0 Å². The molecule has 0 aliphatic heterocycles. The van der Waals surface area contributed by atoms with Crippen LogP contribution in [0.5, 0.6) is 0 Å². The fourth-order valence-corrected chi connectivity index (χ4v) is 2.65. The van der Waals surface area contributed by atoms with Crippen LogP contribution in [0.3, 0.4) is 0 Å². The predicted molar refractivity (Wildman–Crippen MR) is 93.6 cm³/mol. The summed E-state index contributed by atoms with van der Waals surface area (Å²) in [5.41, 5.74) is 3.75. The zero-order chi connectivity index (χ0) is 18.7. The maximum atomic E-state index is 12.2. The first-order valence-electron chi connectivity index (χ1n) is 8.13. The maximum Gasteiger partial charge on any atom is 0.287 e. The van der Waals surface area contributed by atoms with Crippen molar-refractivity contribution in [3.8, 4) is 11.3 Å². The number of furan rings is 1. The van der Waals surface area contributed by atoms with E-state index >= 15 is 0 Å². The molecule has 3 N–H and O–H groups in total. The number of rotatable bonds is 6. The first-order chi connectivity index (χ1) is 12.5. The number of aromatic nitrogens is 4. The standard InChI is InChI=1S/C17H20N6O3/c1-10-15(11(2)23(3)22-10)12-9-13(21-20-12)16(24)18-6-7-19-17(25)14-5-4-8-26-14/h4-5,8-9H,6-7H2,1-3H3,(H,18,24)(H,19,25)(H,20,21). The van der Waals surface area contributed by atoms with Gasteiger partial charge in [0.2, 0.25) is 0 Å². The van der Waals surface area contributed by atoms with Gasteiger partial charge in [-0.1, -0.05) is 0 Å². The molecule has 0 spiro atoms. The van der Waals surface area contributed by atoms with E-state index < -0.39 is 0 Å². The van der Waals surface area contributed by atoms with Crippen LogP contribution in [0.2, 0.25) is 0 Å². The average molecular weight is 356 g/mol. The summed E-state index contributed by atoms with van der Waals surface area (Å²) in [5.74, 6) is -0.387. The van der Waals surface area contributed by atoms with E-state index in [4.69, 9.17) is 4.42 Å². The van der Waals surface area contributed by atoms with E-state index in [1.165, 1.54) is 6.26 Å². The van der Waals surface area contributed by atoms with Crippen molar-refractivity contribution in [2.24, 2.45) is 7.05 Å². The van der Waals surface area contributed by atoms with Crippen molar-refractivity contribution in [1.29, 1.82) is 0 Å². The fourth-order valence-electron chi connectivity index (χ4n) is 2.65. The molecule has 0 unspecified atom stereocenters. The van der Waals surface area contributed by atoms with Gasteiger partial charge in [0, 0.05) is 31.4 Å². The SMILES string of the molecule is Cc1nn(C)c(C)c1-c1cc(C(=O)NCCNC(=O)c2ccco2)[nH]n1. The van der Waals surface area contributed by atoms with Crippen LogP contribution in [0.4, 0.5) is 0 Å². The second kappa shape index (κ2) is 7.26. The van der Waals surface area contributed by atoms with Crippen LogP contribution in [0.1, 0.15) is 32.4 Å². The van der Waals surface area contributed by atoms with Crippen molar-refractivity contribution >= 4 is 11.8 Å². The van der Waals surface area contributed by atoms with Gasteiger partial charge < -0.3 is 15.1 Å². The lowest BCUT2D eigenvalue weighted by Crippen LogP contribution is -2.34. The summed E-state index contributed by atoms with van der Waals surface area (Å²) in [6, 6.07) is 4.90. The molecule has 0 aliphatic carbocycles. The molecular formula is C17H20N6O3. The van der Waals surface area contributed by atoms with Crippen molar-refractivity contribution in [1.82, 2.24) is 30.6 Å². The van der Waals surface area contributed by atoms with Gasteiger partial charge in [0.1, 0.15) is 5.69 Å². The molecule has 3 aromatic heterocycles. The summed E-state index contributed by atoms with van der Waals surface area (Å²) in [5, 5.41) is 16.7. The average Bonchev–Trinajstić information content (AvgIpc) is 3.33. The number of hydrogen-bond donors (Lipinski definition) is 3. The molecule has 3 aromatic rings. The molecule has 0 aromatic carbocycles. The molecule has 3 rings (SSSR count). The Hall–Kier alpha value is -3.36. The number of H-pyrrole nitrogens is 1. The van der Waals surface area contributed by atoms with Gasteiger partial charge in [-0.25, -0.2) is 0 Å². The summed E-state index contributed by atoms with van der Waals surface area (Å²) in [6.45, 7) is 4.42. The second-order valence-corrected chi connectivity index (χ2v) is 5.83. The van der Waals surface area contributed by atoms with Gasteiger partial charge in [0.15, 0.2) is 5.76 Å². The highest BCUT2D eigenvalue weighted by molar-refractivity contribution is 5.93. The van der Waals surface area contributed by atoms with Gasteiger partial charge in [-0.2, -0.15) is 10.2 Å². The van der Waals surface area contributed by atoms with Gasteiger partial charge in [-0.15, -0.1) is 0 Å². The third kappa shape index (κ3) is 3.51. The summed E-state index contributed by atoms with van der Waals surface area (Å²) in [6.07, 6.45) is 1.43. The van der Waals surface area contributed by atoms with E-state index in [1.807, 2.05) is 20.9 Å². The summed E-state index contributed by atoms with van der Waals surface area (Å²) in [4.78, 5) is 23.9. The molecule has 0 saturated carbocycles. The predicted octanol–water partition coefficient (Wildman–Crippen LogP) is 1.18. The Labute approximate surface area is 149 Å². The van der Waals surface area contributed by atoms with Crippen LogP contribution in [-0.4, -0.2) is 44.9 Å². The summed E-state index contributed by atoms with van der Waals surface area (Å²) >= 11 is 0. The first-order valence-corrected chi connectivity index (χ1v) is 8.13. The molecule has 0 saturated heterocycles. The molecule has 136 valence electrons. The van der Waals surface area contributed by atoms with Crippen molar-refractivity contribution in [3.05, 3.63) is 47.3 Å². The van der Waals surface area contributed by atoms with Crippen LogP contribution in [-0.2, 0) is 7.05 Å². The van der Waals surface area contributed by atoms with E-state index in [2.05, 4.69) is 25.9 Å². The molecular weight excluding hydrogens is 336 g/mol. The van der Waals surface area contributed by atoms with Crippen molar-refractivity contribution in [3.63, 3.8) is 0 Å². The Bertz CT molecular complexity index is 923. The maximum absolute atomic E-state index is 12.2. The largest absolute Gasteiger partial charge is 0.459 e. The number of nitrogens with one attached hydrogen (secondary N) is 3. The summed E-state index contributed by atoms with van der Waals surface area (Å²) < 4.78 is 6.77. The fraction of sp³-hybridized carbons (Fsp3) is 0.294. The van der Waals surface area contributed by atoms with Crippen LogP contribution in [0.25, 0.3) is 11.3 Å². The number of aryl methyl sites for hydroxylation is 2. The molecule has 3 heterocycles. The Balaban J connectivity index is 1.54. The molecule has 9 nitrogen and oxygen atoms in total. The molecule has 2 amide bonds. The third-order valence-corrected chi connectivity index (χ3v) is 4.03. The van der Waals surface area contributed by atoms with E-state index in [-0.39, 0.29) is 30.7 Å². The number of nitrogens with zero attached hydrogens (tertiary/aromatic N) is 3. The Morgan fingerprint density at radius 1 is 1.23 bits per heavy atom. The zero-order valence-electron chi connectivity index (χ0n) is 14.8. The van der Waals surface area contributed by atoms with Gasteiger partial charge in [-0.05, 0) is 32.0 Å². The molecule has 9 heteroatoms. The van der Waals surface area contributed by atoms with Crippen LogP contribution in [0.15, 0.2) is 28.9 Å². The molecule has 26 heavy (non-hydrogen) atoms. The smallest absolute Gasteiger partial charge is 0.287 e. The number of aromatic amines is 1. The second-order valence-electron chi connectivity index (χ2n) is 5.83. The first kappa shape index (κ1) is 17.5. The lowest BCUT2D eigenvalue weighted by molar-refractivity contribution is 0.0909. The van der Waals surface area contributed by atoms with Gasteiger partial charge in [-0.3, -0.25) is 19.4 Å². The van der Waals surface area contributed by atoms with E-state index in [1.54, 1.807) is 22.9 Å². The normalized spacial score (nSPS) is 10.7. The van der Waals surface area contributed by atoms with E-state index in [9.17, 15) is 9.59 Å². The van der Waals surface area contributed by atoms with E-state index in [0.29, 0.717) is 11.4 Å². The number of carbonyl (C=O) groups excluding carboxylic acids is 2. The van der Waals surface area contributed by atoms with Gasteiger partial charge in [0.05, 0.1) is 17.7 Å². The Morgan fingerprint density at radius 3 is 2.58 bits per heavy atom. The molecule has 0 atom stereocenters. The Morgan fingerprint density at radius 2 is 1.96 bits per heavy atom. The number of hydrogen-bond acceptors (Lipinski definition) is 5. The molecule has 0 bridgehead atoms. The van der Waals surface area contributed by atoms with Crippen molar-refractivity contribution in [2.45, 2.75) is 13.8 Å². The van der Waals surface area contributed by atoms with Crippen molar-refractivity contribution < 1.29 is 14.0 Å². The van der Waals surface area contributed by atoms with Crippen LogP contribution in [0, 0.1) is 13.8 Å². The van der Waals surface area contributed by atoms with Crippen LogP contribution < -0.4 is 10.6 Å².